The molecule has 0 spiro atoms. The van der Waals surface area contributed by atoms with Crippen molar-refractivity contribution >= 4 is 5.78 Å². The van der Waals surface area contributed by atoms with Crippen molar-refractivity contribution in [2.24, 2.45) is 5.73 Å². The number of hydrogen-bond donors (Lipinski definition) is 1. The second kappa shape index (κ2) is 5.62. The van der Waals surface area contributed by atoms with Crippen molar-refractivity contribution in [1.29, 1.82) is 0 Å². The van der Waals surface area contributed by atoms with Crippen molar-refractivity contribution in [3.05, 3.63) is 35.0 Å². The molecule has 3 aromatic heterocycles. The summed E-state index contributed by atoms with van der Waals surface area (Å²) in [5.74, 6) is 1.90. The van der Waals surface area contributed by atoms with Crippen LogP contribution >= 0.6 is 0 Å². The molecule has 1 saturated carbocycles. The van der Waals surface area contributed by atoms with Crippen LogP contribution in [-0.2, 0) is 18.4 Å². The van der Waals surface area contributed by atoms with E-state index >= 15 is 0 Å². The zero-order chi connectivity index (χ0) is 16.7. The number of fused-ring (bicyclic) bond motifs is 1. The molecular formula is C16H21N7O. The van der Waals surface area contributed by atoms with Gasteiger partial charge in [-0.2, -0.15) is 15.1 Å². The summed E-state index contributed by atoms with van der Waals surface area (Å²) < 4.78 is 7.18. The van der Waals surface area contributed by atoms with Crippen LogP contribution in [0.1, 0.15) is 54.3 Å². The molecule has 0 saturated heterocycles. The van der Waals surface area contributed by atoms with Crippen LogP contribution in [0.3, 0.4) is 0 Å². The predicted octanol–water partition coefficient (Wildman–Crippen LogP) is 1.64. The molecule has 8 heteroatoms. The molecule has 1 fully saturated rings. The molecule has 0 radical (unpaired) electrons. The fourth-order valence-corrected chi connectivity index (χ4v) is 3.54. The molecule has 0 aromatic carbocycles. The van der Waals surface area contributed by atoms with Gasteiger partial charge in [0.25, 0.3) is 5.78 Å². The maximum Gasteiger partial charge on any atom is 0.252 e. The summed E-state index contributed by atoms with van der Waals surface area (Å²) in [5.41, 5.74) is 9.11. The molecule has 3 heterocycles. The predicted molar refractivity (Wildman–Crippen MR) is 86.3 cm³/mol. The summed E-state index contributed by atoms with van der Waals surface area (Å²) in [7, 11) is 0. The highest BCUT2D eigenvalue weighted by molar-refractivity contribution is 5.36. The Hall–Kier alpha value is -2.35. The summed E-state index contributed by atoms with van der Waals surface area (Å²) in [5, 5.41) is 8.33. The monoisotopic (exact) mass is 327 g/mol. The van der Waals surface area contributed by atoms with Crippen molar-refractivity contribution in [2.75, 3.05) is 0 Å². The molecule has 8 nitrogen and oxygen atoms in total. The van der Waals surface area contributed by atoms with Gasteiger partial charge in [-0.1, -0.05) is 18.0 Å². The van der Waals surface area contributed by atoms with Crippen molar-refractivity contribution < 1.29 is 4.52 Å². The van der Waals surface area contributed by atoms with Gasteiger partial charge < -0.3 is 10.3 Å². The van der Waals surface area contributed by atoms with E-state index in [1.165, 1.54) is 6.33 Å². The van der Waals surface area contributed by atoms with Gasteiger partial charge in [-0.15, -0.1) is 0 Å². The van der Waals surface area contributed by atoms with Crippen LogP contribution in [0.15, 0.2) is 10.9 Å². The minimum atomic E-state index is -0.408. The third-order valence-electron chi connectivity index (χ3n) is 4.99. The first-order valence-electron chi connectivity index (χ1n) is 8.34. The van der Waals surface area contributed by atoms with Crippen LogP contribution in [-0.4, -0.2) is 29.7 Å². The van der Waals surface area contributed by atoms with Crippen molar-refractivity contribution in [3.63, 3.8) is 0 Å². The normalized spacial score (nSPS) is 17.0. The van der Waals surface area contributed by atoms with E-state index in [1.807, 2.05) is 13.8 Å². The first kappa shape index (κ1) is 15.2. The quantitative estimate of drug-likeness (QED) is 0.776. The first-order chi connectivity index (χ1) is 11.6. The van der Waals surface area contributed by atoms with Crippen LogP contribution < -0.4 is 5.73 Å². The molecule has 3 aromatic rings. The fourth-order valence-electron chi connectivity index (χ4n) is 3.54. The highest BCUT2D eigenvalue weighted by Crippen LogP contribution is 2.34. The lowest BCUT2D eigenvalue weighted by atomic mass is 9.98. The number of rotatable bonds is 4. The topological polar surface area (TPSA) is 108 Å². The zero-order valence-electron chi connectivity index (χ0n) is 14.0. The summed E-state index contributed by atoms with van der Waals surface area (Å²) >= 11 is 0. The van der Waals surface area contributed by atoms with Crippen molar-refractivity contribution in [3.8, 4) is 0 Å². The lowest BCUT2D eigenvalue weighted by Gasteiger charge is -2.17. The van der Waals surface area contributed by atoms with E-state index in [0.717, 1.165) is 49.1 Å². The Morgan fingerprint density at radius 3 is 2.79 bits per heavy atom. The van der Waals surface area contributed by atoms with Gasteiger partial charge in [0.2, 0.25) is 5.89 Å². The second-order valence-electron chi connectivity index (χ2n) is 6.61. The SMILES string of the molecule is Cc1nc2ncnn2c(C)c1CCc1nc(C2(N)CCCC2)no1. The Labute approximate surface area is 139 Å². The summed E-state index contributed by atoms with van der Waals surface area (Å²) in [4.78, 5) is 13.2. The van der Waals surface area contributed by atoms with E-state index in [9.17, 15) is 0 Å². The van der Waals surface area contributed by atoms with E-state index < -0.39 is 5.54 Å². The Morgan fingerprint density at radius 2 is 2.00 bits per heavy atom. The molecule has 2 N–H and O–H groups in total. The van der Waals surface area contributed by atoms with Gasteiger partial charge >= 0.3 is 0 Å². The molecule has 126 valence electrons. The lowest BCUT2D eigenvalue weighted by Crippen LogP contribution is -2.34. The molecule has 0 amide bonds. The zero-order valence-corrected chi connectivity index (χ0v) is 14.0. The molecule has 24 heavy (non-hydrogen) atoms. The lowest BCUT2D eigenvalue weighted by molar-refractivity contribution is 0.348. The number of aromatic nitrogens is 6. The molecular weight excluding hydrogens is 306 g/mol. The first-order valence-corrected chi connectivity index (χ1v) is 8.34. The van der Waals surface area contributed by atoms with E-state index in [0.29, 0.717) is 23.9 Å². The molecule has 0 bridgehead atoms. The molecule has 1 aliphatic rings. The summed E-state index contributed by atoms with van der Waals surface area (Å²) in [6.45, 7) is 4.02. The van der Waals surface area contributed by atoms with Gasteiger partial charge in [0, 0.05) is 17.8 Å². The van der Waals surface area contributed by atoms with Gasteiger partial charge in [-0.3, -0.25) is 0 Å². The van der Waals surface area contributed by atoms with Crippen molar-refractivity contribution in [1.82, 2.24) is 29.7 Å². The molecule has 0 unspecified atom stereocenters. The van der Waals surface area contributed by atoms with Crippen LogP contribution in [0.4, 0.5) is 0 Å². The van der Waals surface area contributed by atoms with Crippen LogP contribution in [0.5, 0.6) is 0 Å². The van der Waals surface area contributed by atoms with E-state index in [4.69, 9.17) is 10.3 Å². The largest absolute Gasteiger partial charge is 0.339 e. The maximum atomic E-state index is 6.39. The maximum absolute atomic E-state index is 6.39. The average molecular weight is 327 g/mol. The Kier molecular flexibility index (Phi) is 3.56. The van der Waals surface area contributed by atoms with Crippen LogP contribution in [0.25, 0.3) is 5.78 Å². The highest BCUT2D eigenvalue weighted by Gasteiger charge is 2.35. The number of aryl methyl sites for hydroxylation is 3. The van der Waals surface area contributed by atoms with E-state index in [1.54, 1.807) is 4.52 Å². The average Bonchev–Trinajstić information content (AvgIpc) is 3.27. The van der Waals surface area contributed by atoms with Gasteiger partial charge in [0.15, 0.2) is 5.82 Å². The van der Waals surface area contributed by atoms with Crippen LogP contribution in [0, 0.1) is 13.8 Å². The smallest absolute Gasteiger partial charge is 0.252 e. The minimum Gasteiger partial charge on any atom is -0.339 e. The van der Waals surface area contributed by atoms with E-state index in [2.05, 4.69) is 25.2 Å². The number of nitrogens with two attached hydrogens (primary N) is 1. The van der Waals surface area contributed by atoms with Gasteiger partial charge in [0.05, 0.1) is 5.54 Å². The van der Waals surface area contributed by atoms with Crippen molar-refractivity contribution in [2.45, 2.75) is 57.9 Å². The minimum absolute atomic E-state index is 0.408. The Morgan fingerprint density at radius 1 is 1.21 bits per heavy atom. The summed E-state index contributed by atoms with van der Waals surface area (Å²) in [6.07, 6.45) is 7.05. The molecule has 1 aliphatic carbocycles. The van der Waals surface area contributed by atoms with Crippen LogP contribution in [0.2, 0.25) is 0 Å². The van der Waals surface area contributed by atoms with Gasteiger partial charge in [-0.25, -0.2) is 9.50 Å². The van der Waals surface area contributed by atoms with Gasteiger partial charge in [0.1, 0.15) is 6.33 Å². The number of hydrogen-bond acceptors (Lipinski definition) is 7. The molecule has 0 atom stereocenters. The molecule has 0 aliphatic heterocycles. The number of nitrogens with zero attached hydrogens (tertiary/aromatic N) is 6. The standard InChI is InChI=1S/C16H21N7O/c1-10-12(11(2)23-15(20-10)18-9-19-23)5-6-13-21-14(22-24-13)16(17)7-3-4-8-16/h9H,3-8,17H2,1-2H3. The molecule has 4 rings (SSSR count). The third-order valence-corrected chi connectivity index (χ3v) is 4.99. The summed E-state index contributed by atoms with van der Waals surface area (Å²) in [6, 6.07) is 0. The third kappa shape index (κ3) is 2.47. The fraction of sp³-hybridized carbons (Fsp3) is 0.562. The highest BCUT2D eigenvalue weighted by atomic mass is 16.5. The Balaban J connectivity index is 1.54. The second-order valence-corrected chi connectivity index (χ2v) is 6.61. The Bertz CT molecular complexity index is 876. The van der Waals surface area contributed by atoms with E-state index in [-0.39, 0.29) is 0 Å². The van der Waals surface area contributed by atoms with Gasteiger partial charge in [-0.05, 0) is 38.7 Å².